The minimum Gasteiger partial charge on any atom is -0.444 e. The van der Waals surface area contributed by atoms with Crippen LogP contribution in [0.15, 0.2) is 4.99 Å². The monoisotopic (exact) mass is 309 g/mol. The number of carbonyl (C=O) groups excluding carboxylic acids is 1. The molecule has 0 bridgehead atoms. The first kappa shape index (κ1) is 17.1. The van der Waals surface area contributed by atoms with Gasteiger partial charge in [-0.15, -0.1) is 0 Å². The molecular weight excluding hydrogens is 278 g/mol. The smallest absolute Gasteiger partial charge is 0.410 e. The fourth-order valence-electron chi connectivity index (χ4n) is 3.28. The fraction of sp³-hybridized carbons (Fsp3) is 0.882. The van der Waals surface area contributed by atoms with E-state index in [0.717, 1.165) is 11.8 Å². The van der Waals surface area contributed by atoms with E-state index in [2.05, 4.69) is 24.2 Å². The van der Waals surface area contributed by atoms with Crippen LogP contribution in [0.3, 0.4) is 0 Å². The third-order valence-corrected chi connectivity index (χ3v) is 4.45. The second kappa shape index (κ2) is 6.88. The van der Waals surface area contributed by atoms with E-state index in [4.69, 9.17) is 4.74 Å². The number of rotatable bonds is 1. The summed E-state index contributed by atoms with van der Waals surface area (Å²) < 4.78 is 5.45. The Balaban J connectivity index is 1.88. The molecule has 5 heteroatoms. The third kappa shape index (κ3) is 4.89. The Hall–Kier alpha value is -1.26. The number of aliphatic imine (C=N–C) groups is 1. The van der Waals surface area contributed by atoms with Gasteiger partial charge >= 0.3 is 6.09 Å². The summed E-state index contributed by atoms with van der Waals surface area (Å²) in [6, 6.07) is 0.480. The lowest BCUT2D eigenvalue weighted by Crippen LogP contribution is -2.51. The van der Waals surface area contributed by atoms with Gasteiger partial charge in [0.05, 0.1) is 13.1 Å². The zero-order valence-corrected chi connectivity index (χ0v) is 14.7. The van der Waals surface area contributed by atoms with Crippen molar-refractivity contribution in [3.63, 3.8) is 0 Å². The summed E-state index contributed by atoms with van der Waals surface area (Å²) in [5, 5.41) is 3.58. The Labute approximate surface area is 134 Å². The molecule has 1 aliphatic carbocycles. The molecule has 0 radical (unpaired) electrons. The standard InChI is InChI=1S/C17H31N3O2/c1-12-6-7-14(13(2)10-12)19-15-11-20(9-8-18-15)16(21)22-17(3,4)5/h12-14H,6-11H2,1-5H3,(H,18,19). The molecule has 1 heterocycles. The maximum absolute atomic E-state index is 12.2. The quantitative estimate of drug-likeness (QED) is 0.810. The highest BCUT2D eigenvalue weighted by atomic mass is 16.6. The van der Waals surface area contributed by atoms with Crippen LogP contribution in [0.25, 0.3) is 0 Å². The minimum atomic E-state index is -0.451. The molecule has 5 nitrogen and oxygen atoms in total. The van der Waals surface area contributed by atoms with Gasteiger partial charge in [-0.1, -0.05) is 13.8 Å². The lowest BCUT2D eigenvalue weighted by atomic mass is 9.80. The summed E-state index contributed by atoms with van der Waals surface area (Å²) in [7, 11) is 0. The molecule has 0 spiro atoms. The first-order valence-electron chi connectivity index (χ1n) is 8.52. The van der Waals surface area contributed by atoms with Gasteiger partial charge in [0, 0.05) is 12.6 Å². The number of amides is 1. The summed E-state index contributed by atoms with van der Waals surface area (Å²) in [6.45, 7) is 12.1. The number of hydrogen-bond donors (Lipinski definition) is 1. The Kier molecular flexibility index (Phi) is 5.35. The maximum atomic E-state index is 12.2. The first-order valence-corrected chi connectivity index (χ1v) is 8.52. The van der Waals surface area contributed by atoms with E-state index in [-0.39, 0.29) is 6.09 Å². The van der Waals surface area contributed by atoms with E-state index < -0.39 is 5.60 Å². The lowest BCUT2D eigenvalue weighted by molar-refractivity contribution is 0.0275. The summed E-state index contributed by atoms with van der Waals surface area (Å²) in [5.74, 6) is 2.41. The van der Waals surface area contributed by atoms with Gasteiger partial charge in [-0.3, -0.25) is 9.89 Å². The van der Waals surface area contributed by atoms with Gasteiger partial charge in [0.1, 0.15) is 11.4 Å². The molecule has 126 valence electrons. The molecule has 22 heavy (non-hydrogen) atoms. The van der Waals surface area contributed by atoms with Gasteiger partial charge in [-0.25, -0.2) is 4.79 Å². The highest BCUT2D eigenvalue weighted by Gasteiger charge is 2.29. The average molecular weight is 309 g/mol. The van der Waals surface area contributed by atoms with Gasteiger partial charge < -0.3 is 10.1 Å². The topological polar surface area (TPSA) is 53.9 Å². The zero-order chi connectivity index (χ0) is 16.3. The minimum absolute atomic E-state index is 0.244. The van der Waals surface area contributed by atoms with Crippen molar-refractivity contribution in [1.29, 1.82) is 0 Å². The van der Waals surface area contributed by atoms with Crippen molar-refractivity contribution in [2.45, 2.75) is 65.5 Å². The molecule has 0 saturated heterocycles. The van der Waals surface area contributed by atoms with Crippen LogP contribution in [-0.2, 0) is 4.74 Å². The van der Waals surface area contributed by atoms with Gasteiger partial charge in [0.2, 0.25) is 0 Å². The van der Waals surface area contributed by atoms with Gasteiger partial charge in [0.25, 0.3) is 0 Å². The number of ether oxygens (including phenoxy) is 1. The summed E-state index contributed by atoms with van der Waals surface area (Å²) >= 11 is 0. The number of amidine groups is 1. The molecule has 0 aromatic carbocycles. The van der Waals surface area contributed by atoms with Gasteiger partial charge in [-0.2, -0.15) is 0 Å². The van der Waals surface area contributed by atoms with E-state index in [0.29, 0.717) is 31.6 Å². The van der Waals surface area contributed by atoms with Crippen LogP contribution in [0.2, 0.25) is 0 Å². The molecule has 1 aliphatic heterocycles. The maximum Gasteiger partial charge on any atom is 0.410 e. The first-order chi connectivity index (χ1) is 10.2. The zero-order valence-electron chi connectivity index (χ0n) is 14.7. The fourth-order valence-corrected chi connectivity index (χ4v) is 3.28. The summed E-state index contributed by atoms with van der Waals surface area (Å²) in [6.07, 6.45) is 3.48. The van der Waals surface area contributed by atoms with Crippen LogP contribution in [0.4, 0.5) is 4.79 Å². The van der Waals surface area contributed by atoms with Gasteiger partial charge in [-0.05, 0) is 51.9 Å². The Morgan fingerprint density at radius 2 is 2.05 bits per heavy atom. The molecule has 1 saturated carbocycles. The molecule has 0 aromatic rings. The third-order valence-electron chi connectivity index (χ3n) is 4.45. The number of nitrogens with zero attached hydrogens (tertiary/aromatic N) is 2. The molecular formula is C17H31N3O2. The van der Waals surface area contributed by atoms with Crippen LogP contribution < -0.4 is 5.32 Å². The Morgan fingerprint density at radius 1 is 1.32 bits per heavy atom. The van der Waals surface area contributed by atoms with Crippen LogP contribution >= 0.6 is 0 Å². The molecule has 3 atom stereocenters. The molecule has 3 unspecified atom stereocenters. The van der Waals surface area contributed by atoms with E-state index in [1.54, 1.807) is 4.90 Å². The molecule has 1 amide bonds. The van der Waals surface area contributed by atoms with Crippen molar-refractivity contribution in [2.24, 2.45) is 16.8 Å². The number of nitrogens with one attached hydrogen (secondary N) is 1. The molecule has 1 N–H and O–H groups in total. The lowest BCUT2D eigenvalue weighted by Gasteiger charge is -2.36. The molecule has 2 aliphatic rings. The van der Waals surface area contributed by atoms with E-state index in [9.17, 15) is 4.79 Å². The summed E-state index contributed by atoms with van der Waals surface area (Å²) in [5.41, 5.74) is -0.451. The van der Waals surface area contributed by atoms with E-state index in [1.807, 2.05) is 20.8 Å². The average Bonchev–Trinajstić information content (AvgIpc) is 2.40. The molecule has 1 fully saturated rings. The van der Waals surface area contributed by atoms with Crippen molar-refractivity contribution < 1.29 is 9.53 Å². The van der Waals surface area contributed by atoms with Crippen molar-refractivity contribution in [3.05, 3.63) is 0 Å². The van der Waals surface area contributed by atoms with E-state index in [1.165, 1.54) is 19.3 Å². The Morgan fingerprint density at radius 3 is 2.68 bits per heavy atom. The highest BCUT2D eigenvalue weighted by molar-refractivity contribution is 5.88. The molecule has 2 rings (SSSR count). The predicted octanol–water partition coefficient (Wildman–Crippen LogP) is 3.05. The van der Waals surface area contributed by atoms with Crippen molar-refractivity contribution in [2.75, 3.05) is 19.6 Å². The van der Waals surface area contributed by atoms with Crippen LogP contribution in [-0.4, -0.2) is 48.1 Å². The van der Waals surface area contributed by atoms with Gasteiger partial charge in [0.15, 0.2) is 0 Å². The van der Waals surface area contributed by atoms with Crippen molar-refractivity contribution >= 4 is 11.9 Å². The van der Waals surface area contributed by atoms with E-state index >= 15 is 0 Å². The predicted molar refractivity (Wildman–Crippen MR) is 89.2 cm³/mol. The van der Waals surface area contributed by atoms with Crippen molar-refractivity contribution in [1.82, 2.24) is 10.2 Å². The Bertz CT molecular complexity index is 428. The second-order valence-electron chi connectivity index (χ2n) is 7.88. The van der Waals surface area contributed by atoms with Crippen LogP contribution in [0, 0.1) is 11.8 Å². The highest BCUT2D eigenvalue weighted by Crippen LogP contribution is 2.28. The normalized spacial score (nSPS) is 29.8. The van der Waals surface area contributed by atoms with Crippen LogP contribution in [0.1, 0.15) is 53.9 Å². The second-order valence-corrected chi connectivity index (χ2v) is 7.88. The SMILES string of the molecule is CC1CCC(NC2=NCCN(C(=O)OC(C)(C)C)C2)C(C)C1. The number of carbonyl (C=O) groups is 1. The molecule has 0 aromatic heterocycles. The van der Waals surface area contributed by atoms with Crippen molar-refractivity contribution in [3.8, 4) is 0 Å². The van der Waals surface area contributed by atoms with Crippen LogP contribution in [0.5, 0.6) is 0 Å². The number of hydrogen-bond acceptors (Lipinski definition) is 4. The largest absolute Gasteiger partial charge is 0.444 e. The summed E-state index contributed by atoms with van der Waals surface area (Å²) in [4.78, 5) is 18.5.